The number of H-pyrrole nitrogens is 1. The van der Waals surface area contributed by atoms with Gasteiger partial charge in [0.15, 0.2) is 0 Å². The van der Waals surface area contributed by atoms with E-state index < -0.39 is 0 Å². The molecule has 0 radical (unpaired) electrons. The lowest BCUT2D eigenvalue weighted by molar-refractivity contribution is 0.167. The Bertz CT molecular complexity index is 479. The van der Waals surface area contributed by atoms with Gasteiger partial charge in [0, 0.05) is 18.5 Å². The Balaban J connectivity index is 2.09. The van der Waals surface area contributed by atoms with Gasteiger partial charge in [0.1, 0.15) is 5.82 Å². The molecule has 106 valence electrons. The highest BCUT2D eigenvalue weighted by atomic mass is 16.1. The van der Waals surface area contributed by atoms with Crippen LogP contribution in [0.25, 0.3) is 0 Å². The minimum absolute atomic E-state index is 0.0802. The van der Waals surface area contributed by atoms with E-state index in [1.54, 1.807) is 0 Å². The van der Waals surface area contributed by atoms with Crippen molar-refractivity contribution in [2.24, 2.45) is 17.1 Å². The fourth-order valence-electron chi connectivity index (χ4n) is 3.06. The van der Waals surface area contributed by atoms with Gasteiger partial charge in [-0.2, -0.15) is 0 Å². The van der Waals surface area contributed by atoms with Gasteiger partial charge in [-0.25, -0.2) is 4.98 Å². The molecule has 1 aliphatic rings. The van der Waals surface area contributed by atoms with Crippen molar-refractivity contribution < 1.29 is 0 Å². The number of nitrogens with one attached hydrogen (secondary N) is 1. The van der Waals surface area contributed by atoms with Crippen LogP contribution in [-0.4, -0.2) is 9.97 Å². The Hall–Kier alpha value is -1.16. The second-order valence-corrected chi connectivity index (χ2v) is 6.74. The first-order valence-corrected chi connectivity index (χ1v) is 7.20. The summed E-state index contributed by atoms with van der Waals surface area (Å²) in [6.45, 7) is 7.27. The standard InChI is InChI=1S/C15H25N3O/c1-15(2,3)11-6-4-10(5-7-11)14-17-12(9-16)8-13(19)18-14/h8,10-11H,4-7,9,16H2,1-3H3,(H,17,18,19). The number of hydrogen-bond acceptors (Lipinski definition) is 3. The van der Waals surface area contributed by atoms with Crippen LogP contribution >= 0.6 is 0 Å². The highest BCUT2D eigenvalue weighted by Gasteiger charge is 2.31. The molecule has 0 aromatic carbocycles. The van der Waals surface area contributed by atoms with Gasteiger partial charge in [0.2, 0.25) is 0 Å². The van der Waals surface area contributed by atoms with Gasteiger partial charge in [-0.3, -0.25) is 4.79 Å². The lowest BCUT2D eigenvalue weighted by Crippen LogP contribution is -2.27. The maximum Gasteiger partial charge on any atom is 0.251 e. The largest absolute Gasteiger partial charge is 0.325 e. The zero-order chi connectivity index (χ0) is 14.0. The molecule has 1 aromatic heterocycles. The number of nitrogens with zero attached hydrogens (tertiary/aromatic N) is 1. The maximum absolute atomic E-state index is 11.6. The molecule has 0 bridgehead atoms. The van der Waals surface area contributed by atoms with Crippen LogP contribution < -0.4 is 11.3 Å². The molecule has 19 heavy (non-hydrogen) atoms. The lowest BCUT2D eigenvalue weighted by Gasteiger charge is -2.36. The predicted octanol–water partition coefficient (Wildman–Crippen LogP) is 2.55. The molecule has 0 spiro atoms. The van der Waals surface area contributed by atoms with Crippen molar-refractivity contribution in [3.63, 3.8) is 0 Å². The molecule has 0 aliphatic heterocycles. The summed E-state index contributed by atoms with van der Waals surface area (Å²) in [7, 11) is 0. The summed E-state index contributed by atoms with van der Waals surface area (Å²) in [6, 6.07) is 1.49. The van der Waals surface area contributed by atoms with E-state index >= 15 is 0 Å². The molecular formula is C15H25N3O. The molecule has 0 amide bonds. The molecule has 0 unspecified atom stereocenters. The van der Waals surface area contributed by atoms with E-state index in [1.165, 1.54) is 18.9 Å². The Kier molecular flexibility index (Phi) is 4.09. The molecule has 1 aliphatic carbocycles. The van der Waals surface area contributed by atoms with Crippen LogP contribution in [0.15, 0.2) is 10.9 Å². The molecule has 1 heterocycles. The van der Waals surface area contributed by atoms with Gasteiger partial charge >= 0.3 is 0 Å². The first-order chi connectivity index (χ1) is 8.90. The quantitative estimate of drug-likeness (QED) is 0.861. The molecule has 3 N–H and O–H groups in total. The zero-order valence-electron chi connectivity index (χ0n) is 12.2. The summed E-state index contributed by atoms with van der Waals surface area (Å²) >= 11 is 0. The van der Waals surface area contributed by atoms with E-state index in [-0.39, 0.29) is 5.56 Å². The van der Waals surface area contributed by atoms with Crippen LogP contribution in [0.4, 0.5) is 0 Å². The minimum Gasteiger partial charge on any atom is -0.325 e. The average Bonchev–Trinajstić information content (AvgIpc) is 2.37. The van der Waals surface area contributed by atoms with E-state index in [2.05, 4.69) is 30.7 Å². The fourth-order valence-corrected chi connectivity index (χ4v) is 3.06. The lowest BCUT2D eigenvalue weighted by atomic mass is 9.69. The van der Waals surface area contributed by atoms with E-state index in [4.69, 9.17) is 5.73 Å². The normalized spacial score (nSPS) is 24.4. The van der Waals surface area contributed by atoms with Crippen molar-refractivity contribution in [3.8, 4) is 0 Å². The van der Waals surface area contributed by atoms with Gasteiger partial charge in [-0.1, -0.05) is 20.8 Å². The predicted molar refractivity (Wildman–Crippen MR) is 76.9 cm³/mol. The SMILES string of the molecule is CC(C)(C)C1CCC(c2nc(CN)cc(=O)[nH]2)CC1. The summed E-state index contributed by atoms with van der Waals surface area (Å²) in [4.78, 5) is 19.0. The molecule has 1 aromatic rings. The monoisotopic (exact) mass is 263 g/mol. The van der Waals surface area contributed by atoms with E-state index in [0.717, 1.165) is 24.6 Å². The van der Waals surface area contributed by atoms with Crippen molar-refractivity contribution in [2.45, 2.75) is 58.9 Å². The van der Waals surface area contributed by atoms with Crippen LogP contribution in [0.5, 0.6) is 0 Å². The third-order valence-corrected chi connectivity index (χ3v) is 4.36. The summed E-state index contributed by atoms with van der Waals surface area (Å²) < 4.78 is 0. The van der Waals surface area contributed by atoms with Crippen molar-refractivity contribution >= 4 is 0 Å². The number of aromatic amines is 1. The topological polar surface area (TPSA) is 71.8 Å². The average molecular weight is 263 g/mol. The van der Waals surface area contributed by atoms with Gasteiger partial charge in [-0.05, 0) is 37.0 Å². The number of aromatic nitrogens is 2. The van der Waals surface area contributed by atoms with E-state index in [0.29, 0.717) is 23.6 Å². The maximum atomic E-state index is 11.6. The Labute approximate surface area is 114 Å². The second kappa shape index (κ2) is 5.45. The van der Waals surface area contributed by atoms with Crippen molar-refractivity contribution in [2.75, 3.05) is 0 Å². The Morgan fingerprint density at radius 2 is 1.95 bits per heavy atom. The molecule has 1 fully saturated rings. The van der Waals surface area contributed by atoms with Crippen LogP contribution in [0.1, 0.15) is 63.9 Å². The van der Waals surface area contributed by atoms with E-state index in [1.807, 2.05) is 0 Å². The molecule has 4 heteroatoms. The number of nitrogens with two attached hydrogens (primary N) is 1. The van der Waals surface area contributed by atoms with Crippen molar-refractivity contribution in [3.05, 3.63) is 27.9 Å². The summed E-state index contributed by atoms with van der Waals surface area (Å²) in [5, 5.41) is 0. The molecular weight excluding hydrogens is 238 g/mol. The molecule has 4 nitrogen and oxygen atoms in total. The first-order valence-electron chi connectivity index (χ1n) is 7.20. The fraction of sp³-hybridized carbons (Fsp3) is 0.733. The van der Waals surface area contributed by atoms with Crippen LogP contribution in [0, 0.1) is 11.3 Å². The van der Waals surface area contributed by atoms with Gasteiger partial charge in [0.25, 0.3) is 5.56 Å². The van der Waals surface area contributed by atoms with Gasteiger partial charge in [0.05, 0.1) is 5.69 Å². The zero-order valence-corrected chi connectivity index (χ0v) is 12.2. The highest BCUT2D eigenvalue weighted by Crippen LogP contribution is 2.42. The van der Waals surface area contributed by atoms with Crippen LogP contribution in [0.2, 0.25) is 0 Å². The van der Waals surface area contributed by atoms with Crippen molar-refractivity contribution in [1.29, 1.82) is 0 Å². The first kappa shape index (κ1) is 14.3. The summed E-state index contributed by atoms with van der Waals surface area (Å²) in [5.41, 5.74) is 6.57. The number of hydrogen-bond donors (Lipinski definition) is 2. The van der Waals surface area contributed by atoms with Crippen LogP contribution in [0.3, 0.4) is 0 Å². The van der Waals surface area contributed by atoms with E-state index in [9.17, 15) is 4.79 Å². The second-order valence-electron chi connectivity index (χ2n) is 6.74. The molecule has 0 saturated heterocycles. The van der Waals surface area contributed by atoms with Gasteiger partial charge in [-0.15, -0.1) is 0 Å². The third kappa shape index (κ3) is 3.44. The Morgan fingerprint density at radius 3 is 2.47 bits per heavy atom. The molecule has 0 atom stereocenters. The smallest absolute Gasteiger partial charge is 0.251 e. The molecule has 1 saturated carbocycles. The highest BCUT2D eigenvalue weighted by molar-refractivity contribution is 5.07. The molecule has 2 rings (SSSR count). The summed E-state index contributed by atoms with van der Waals surface area (Å²) in [6.07, 6.45) is 4.65. The van der Waals surface area contributed by atoms with Crippen LogP contribution in [-0.2, 0) is 6.54 Å². The third-order valence-electron chi connectivity index (χ3n) is 4.36. The summed E-state index contributed by atoms with van der Waals surface area (Å²) in [5.74, 6) is 1.99. The minimum atomic E-state index is -0.0802. The number of rotatable bonds is 2. The van der Waals surface area contributed by atoms with Gasteiger partial charge < -0.3 is 10.7 Å². The Morgan fingerprint density at radius 1 is 1.32 bits per heavy atom. The van der Waals surface area contributed by atoms with Crippen molar-refractivity contribution in [1.82, 2.24) is 9.97 Å².